The molecule has 0 N–H and O–H groups in total. The third-order valence-electron chi connectivity index (χ3n) is 4.51. The minimum atomic E-state index is -0.402. The lowest BCUT2D eigenvalue weighted by molar-refractivity contribution is -0.146. The van der Waals surface area contributed by atoms with Crippen LogP contribution in [0.4, 0.5) is 0 Å². The molecule has 0 saturated heterocycles. The Bertz CT molecular complexity index is 235. The number of rotatable bonds is 4. The second-order valence-corrected chi connectivity index (χ2v) is 5.54. The van der Waals surface area contributed by atoms with Crippen molar-refractivity contribution in [2.45, 2.75) is 69.8 Å². The molecule has 2 fully saturated rings. The van der Waals surface area contributed by atoms with Crippen molar-refractivity contribution in [1.82, 2.24) is 0 Å². The first-order valence-electron chi connectivity index (χ1n) is 6.85. The average molecular weight is 224 g/mol. The lowest BCUT2D eigenvalue weighted by atomic mass is 9.78. The molecule has 92 valence electrons. The molecule has 2 heteroatoms. The van der Waals surface area contributed by atoms with Crippen molar-refractivity contribution >= 4 is 5.78 Å². The van der Waals surface area contributed by atoms with E-state index in [-0.39, 0.29) is 0 Å². The van der Waals surface area contributed by atoms with Gasteiger partial charge in [-0.05, 0) is 18.8 Å². The number of hydrogen-bond donors (Lipinski definition) is 0. The van der Waals surface area contributed by atoms with Crippen molar-refractivity contribution in [2.24, 2.45) is 5.92 Å². The molecule has 0 radical (unpaired) electrons. The number of Topliss-reactive ketones (excluding diaryl/α,β-unsaturated/α-hetero) is 1. The molecular formula is C14H24O2. The van der Waals surface area contributed by atoms with Gasteiger partial charge in [0.2, 0.25) is 0 Å². The van der Waals surface area contributed by atoms with Crippen LogP contribution in [0, 0.1) is 5.92 Å². The van der Waals surface area contributed by atoms with E-state index in [1.165, 1.54) is 32.1 Å². The molecule has 0 aromatic heterocycles. The number of ketones is 1. The van der Waals surface area contributed by atoms with Crippen molar-refractivity contribution in [3.8, 4) is 0 Å². The van der Waals surface area contributed by atoms with Crippen molar-refractivity contribution in [1.29, 1.82) is 0 Å². The highest BCUT2D eigenvalue weighted by molar-refractivity contribution is 5.87. The van der Waals surface area contributed by atoms with E-state index >= 15 is 0 Å². The molecule has 0 aromatic rings. The van der Waals surface area contributed by atoms with E-state index in [4.69, 9.17) is 4.74 Å². The molecule has 0 aromatic carbocycles. The highest BCUT2D eigenvalue weighted by atomic mass is 16.5. The highest BCUT2D eigenvalue weighted by Crippen LogP contribution is 2.36. The first-order chi connectivity index (χ1) is 7.77. The van der Waals surface area contributed by atoms with Crippen LogP contribution < -0.4 is 0 Å². The summed E-state index contributed by atoms with van der Waals surface area (Å²) in [6.45, 7) is 0. The van der Waals surface area contributed by atoms with Crippen LogP contribution in [0.5, 0.6) is 0 Å². The van der Waals surface area contributed by atoms with Crippen LogP contribution in [0.15, 0.2) is 0 Å². The molecule has 0 atom stereocenters. The normalized spacial score (nSPS) is 25.8. The van der Waals surface area contributed by atoms with Crippen LogP contribution in [0.25, 0.3) is 0 Å². The van der Waals surface area contributed by atoms with Crippen LogP contribution in [-0.2, 0) is 9.53 Å². The Hall–Kier alpha value is -0.370. The van der Waals surface area contributed by atoms with Crippen molar-refractivity contribution in [3.63, 3.8) is 0 Å². The summed E-state index contributed by atoms with van der Waals surface area (Å²) in [6, 6.07) is 0. The zero-order valence-corrected chi connectivity index (χ0v) is 10.5. The SMILES string of the molecule is COC1(C(=O)CC2CCCC2)CCCCC1. The maximum atomic E-state index is 12.4. The summed E-state index contributed by atoms with van der Waals surface area (Å²) in [5.41, 5.74) is -0.402. The average Bonchev–Trinajstić information content (AvgIpc) is 2.82. The smallest absolute Gasteiger partial charge is 0.164 e. The topological polar surface area (TPSA) is 26.3 Å². The fourth-order valence-corrected chi connectivity index (χ4v) is 3.38. The Morgan fingerprint density at radius 3 is 2.31 bits per heavy atom. The first-order valence-corrected chi connectivity index (χ1v) is 6.85. The summed E-state index contributed by atoms with van der Waals surface area (Å²) in [5.74, 6) is 1.04. The number of ether oxygens (including phenoxy) is 1. The molecule has 2 nitrogen and oxygen atoms in total. The summed E-state index contributed by atoms with van der Waals surface area (Å²) in [7, 11) is 1.72. The van der Waals surface area contributed by atoms with E-state index in [9.17, 15) is 4.79 Å². The van der Waals surface area contributed by atoms with Gasteiger partial charge < -0.3 is 4.74 Å². The summed E-state index contributed by atoms with van der Waals surface area (Å²) in [6.07, 6.45) is 11.4. The number of carbonyl (C=O) groups is 1. The van der Waals surface area contributed by atoms with Gasteiger partial charge in [-0.2, -0.15) is 0 Å². The second kappa shape index (κ2) is 5.31. The standard InChI is InChI=1S/C14H24O2/c1-16-14(9-5-2-6-10-14)13(15)11-12-7-3-4-8-12/h12H,2-11H2,1H3. The van der Waals surface area contributed by atoms with E-state index in [0.717, 1.165) is 32.1 Å². The van der Waals surface area contributed by atoms with Crippen LogP contribution in [0.2, 0.25) is 0 Å². The van der Waals surface area contributed by atoms with Gasteiger partial charge in [-0.15, -0.1) is 0 Å². The van der Waals surface area contributed by atoms with Crippen LogP contribution >= 0.6 is 0 Å². The molecule has 0 spiro atoms. The lowest BCUT2D eigenvalue weighted by Crippen LogP contribution is -2.43. The van der Waals surface area contributed by atoms with Crippen molar-refractivity contribution in [2.75, 3.05) is 7.11 Å². The Morgan fingerprint density at radius 1 is 1.12 bits per heavy atom. The van der Waals surface area contributed by atoms with E-state index in [1.54, 1.807) is 7.11 Å². The van der Waals surface area contributed by atoms with Gasteiger partial charge in [0.05, 0.1) is 0 Å². The van der Waals surface area contributed by atoms with Gasteiger partial charge in [-0.1, -0.05) is 44.9 Å². The molecular weight excluding hydrogens is 200 g/mol. The first kappa shape index (κ1) is 12.1. The minimum Gasteiger partial charge on any atom is -0.370 e. The maximum Gasteiger partial charge on any atom is 0.164 e. The monoisotopic (exact) mass is 224 g/mol. The summed E-state index contributed by atoms with van der Waals surface area (Å²) in [4.78, 5) is 12.4. The van der Waals surface area contributed by atoms with Gasteiger partial charge in [-0.3, -0.25) is 4.79 Å². The van der Waals surface area contributed by atoms with Crippen LogP contribution in [-0.4, -0.2) is 18.5 Å². The Morgan fingerprint density at radius 2 is 1.75 bits per heavy atom. The third-order valence-corrected chi connectivity index (χ3v) is 4.51. The fourth-order valence-electron chi connectivity index (χ4n) is 3.38. The van der Waals surface area contributed by atoms with E-state index in [1.807, 2.05) is 0 Å². The molecule has 0 heterocycles. The van der Waals surface area contributed by atoms with E-state index in [2.05, 4.69) is 0 Å². The molecule has 0 aliphatic heterocycles. The Kier molecular flexibility index (Phi) is 4.01. The van der Waals surface area contributed by atoms with Crippen LogP contribution in [0.3, 0.4) is 0 Å². The minimum absolute atomic E-state index is 0.390. The van der Waals surface area contributed by atoms with Gasteiger partial charge in [-0.25, -0.2) is 0 Å². The van der Waals surface area contributed by atoms with Crippen molar-refractivity contribution < 1.29 is 9.53 Å². The molecule has 0 unspecified atom stereocenters. The zero-order valence-electron chi connectivity index (χ0n) is 10.5. The van der Waals surface area contributed by atoms with Crippen molar-refractivity contribution in [3.05, 3.63) is 0 Å². The van der Waals surface area contributed by atoms with Gasteiger partial charge in [0.1, 0.15) is 5.60 Å². The number of carbonyl (C=O) groups excluding carboxylic acids is 1. The van der Waals surface area contributed by atoms with Gasteiger partial charge >= 0.3 is 0 Å². The second-order valence-electron chi connectivity index (χ2n) is 5.54. The molecule has 2 aliphatic rings. The Balaban J connectivity index is 1.94. The number of hydrogen-bond acceptors (Lipinski definition) is 2. The molecule has 0 bridgehead atoms. The predicted molar refractivity (Wildman–Crippen MR) is 64.4 cm³/mol. The number of methoxy groups -OCH3 is 1. The van der Waals surface area contributed by atoms with Gasteiger partial charge in [0.25, 0.3) is 0 Å². The van der Waals surface area contributed by atoms with E-state index < -0.39 is 5.60 Å². The molecule has 16 heavy (non-hydrogen) atoms. The maximum absolute atomic E-state index is 12.4. The van der Waals surface area contributed by atoms with Gasteiger partial charge in [0.15, 0.2) is 5.78 Å². The molecule has 0 amide bonds. The van der Waals surface area contributed by atoms with Crippen LogP contribution in [0.1, 0.15) is 64.2 Å². The van der Waals surface area contributed by atoms with E-state index in [0.29, 0.717) is 11.7 Å². The zero-order chi connectivity index (χ0) is 11.4. The fraction of sp³-hybridized carbons (Fsp3) is 0.929. The Labute approximate surface area is 98.7 Å². The summed E-state index contributed by atoms with van der Waals surface area (Å²) >= 11 is 0. The quantitative estimate of drug-likeness (QED) is 0.730. The predicted octanol–water partition coefficient (Wildman–Crippen LogP) is 3.49. The summed E-state index contributed by atoms with van der Waals surface area (Å²) in [5, 5.41) is 0. The molecule has 2 rings (SSSR count). The highest BCUT2D eigenvalue weighted by Gasteiger charge is 2.39. The third kappa shape index (κ3) is 2.48. The molecule has 2 saturated carbocycles. The largest absolute Gasteiger partial charge is 0.370 e. The summed E-state index contributed by atoms with van der Waals surface area (Å²) < 4.78 is 5.60. The molecule has 2 aliphatic carbocycles. The lowest BCUT2D eigenvalue weighted by Gasteiger charge is -2.35. The van der Waals surface area contributed by atoms with Gasteiger partial charge in [0, 0.05) is 13.5 Å².